The molecular weight excluding hydrogens is 184 g/mol. The quantitative estimate of drug-likeness (QED) is 0.702. The minimum Gasteiger partial charge on any atom is -0.280 e. The third-order valence-corrected chi connectivity index (χ3v) is 2.52. The fourth-order valence-electron chi connectivity index (χ4n) is 1.40. The summed E-state index contributed by atoms with van der Waals surface area (Å²) in [7, 11) is 0. The Hall–Kier alpha value is -1.23. The van der Waals surface area contributed by atoms with Gasteiger partial charge in [0.15, 0.2) is 0 Å². The Bertz CT molecular complexity index is 496. The molecule has 0 aliphatic carbocycles. The number of aromatic nitrogens is 4. The van der Waals surface area contributed by atoms with Crippen LogP contribution >= 0.6 is 12.2 Å². The summed E-state index contributed by atoms with van der Waals surface area (Å²) in [5.41, 5.74) is 2.08. The van der Waals surface area contributed by atoms with Crippen LogP contribution in [0.25, 0.3) is 5.78 Å². The molecule has 2 rings (SSSR count). The van der Waals surface area contributed by atoms with Gasteiger partial charge in [-0.05, 0) is 13.3 Å². The molecule has 0 radical (unpaired) electrons. The van der Waals surface area contributed by atoms with Gasteiger partial charge in [-0.25, -0.2) is 14.5 Å². The van der Waals surface area contributed by atoms with E-state index in [1.165, 1.54) is 0 Å². The summed E-state index contributed by atoms with van der Waals surface area (Å²) in [5.74, 6) is 0.639. The van der Waals surface area contributed by atoms with Crippen LogP contribution in [0.2, 0.25) is 0 Å². The van der Waals surface area contributed by atoms with Crippen molar-refractivity contribution in [2.45, 2.75) is 20.3 Å². The Morgan fingerprint density at radius 2 is 2.38 bits per heavy atom. The van der Waals surface area contributed by atoms with Gasteiger partial charge in [0.05, 0.1) is 0 Å². The molecule has 0 fully saturated rings. The van der Waals surface area contributed by atoms with Gasteiger partial charge in [-0.3, -0.25) is 5.10 Å². The predicted molar refractivity (Wildman–Crippen MR) is 52.3 cm³/mol. The number of fused-ring (bicyclic) bond motifs is 1. The highest BCUT2D eigenvalue weighted by atomic mass is 32.1. The zero-order valence-electron chi connectivity index (χ0n) is 7.53. The van der Waals surface area contributed by atoms with Crippen molar-refractivity contribution in [3.8, 4) is 0 Å². The molecule has 0 bridgehead atoms. The van der Waals surface area contributed by atoms with Crippen LogP contribution in [0.1, 0.15) is 18.2 Å². The van der Waals surface area contributed by atoms with E-state index in [2.05, 4.69) is 22.0 Å². The summed E-state index contributed by atoms with van der Waals surface area (Å²) in [4.78, 5) is 8.37. The molecule has 0 aromatic carbocycles. The van der Waals surface area contributed by atoms with E-state index in [9.17, 15) is 0 Å². The summed E-state index contributed by atoms with van der Waals surface area (Å²) < 4.78 is 2.50. The fourth-order valence-corrected chi connectivity index (χ4v) is 1.83. The van der Waals surface area contributed by atoms with E-state index in [1.807, 2.05) is 6.92 Å². The molecule has 2 aromatic heterocycles. The molecule has 0 aliphatic heterocycles. The van der Waals surface area contributed by atoms with Crippen LogP contribution in [0.15, 0.2) is 6.33 Å². The molecule has 68 valence electrons. The summed E-state index contributed by atoms with van der Waals surface area (Å²) in [6, 6.07) is 0. The van der Waals surface area contributed by atoms with E-state index < -0.39 is 0 Å². The lowest BCUT2D eigenvalue weighted by atomic mass is 10.2. The number of nitrogens with one attached hydrogen (secondary N) is 1. The van der Waals surface area contributed by atoms with Crippen LogP contribution in [-0.2, 0) is 6.42 Å². The number of hydrogen-bond donors (Lipinski definition) is 1. The largest absolute Gasteiger partial charge is 0.280 e. The molecule has 1 N–H and O–H groups in total. The molecule has 2 aromatic rings. The monoisotopic (exact) mass is 194 g/mol. The van der Waals surface area contributed by atoms with E-state index >= 15 is 0 Å². The van der Waals surface area contributed by atoms with Crippen LogP contribution in [-0.4, -0.2) is 19.6 Å². The standard InChI is InChI=1S/C8H10N4S/c1-3-6-5(2)11-8-9-4-10-12(8)7(6)13/h4H,3H2,1-2H3,(H,9,10,11). The van der Waals surface area contributed by atoms with E-state index in [0.717, 1.165) is 22.3 Å². The Morgan fingerprint density at radius 3 is 3.08 bits per heavy atom. The molecular formula is C8H10N4S. The summed E-state index contributed by atoms with van der Waals surface area (Å²) >= 11 is 5.29. The minimum absolute atomic E-state index is 0.639. The maximum Gasteiger partial charge on any atom is 0.251 e. The molecule has 0 saturated carbocycles. The first-order valence-corrected chi connectivity index (χ1v) is 4.56. The maximum atomic E-state index is 5.29. The van der Waals surface area contributed by atoms with Crippen molar-refractivity contribution in [1.82, 2.24) is 19.6 Å². The first-order chi connectivity index (χ1) is 6.24. The number of hydrogen-bond acceptors (Lipinski definition) is 3. The second-order valence-corrected chi connectivity index (χ2v) is 3.24. The molecule has 0 spiro atoms. The number of H-pyrrole nitrogens is 1. The highest BCUT2D eigenvalue weighted by molar-refractivity contribution is 7.71. The SMILES string of the molecule is CCc1c(C)nc2nc[nH]n2c1=S. The van der Waals surface area contributed by atoms with Gasteiger partial charge < -0.3 is 0 Å². The Kier molecular flexibility index (Phi) is 1.88. The molecule has 0 atom stereocenters. The smallest absolute Gasteiger partial charge is 0.251 e. The van der Waals surface area contributed by atoms with Crippen molar-refractivity contribution in [1.29, 1.82) is 0 Å². The van der Waals surface area contributed by atoms with Crippen LogP contribution in [0.3, 0.4) is 0 Å². The molecule has 2 heterocycles. The fraction of sp³-hybridized carbons (Fsp3) is 0.375. The van der Waals surface area contributed by atoms with Crippen LogP contribution in [0.5, 0.6) is 0 Å². The third kappa shape index (κ3) is 1.16. The first kappa shape index (κ1) is 8.37. The zero-order chi connectivity index (χ0) is 9.42. The molecule has 4 nitrogen and oxygen atoms in total. The topological polar surface area (TPSA) is 46.0 Å². The Labute approximate surface area is 80.6 Å². The molecule has 0 amide bonds. The van der Waals surface area contributed by atoms with Crippen LogP contribution < -0.4 is 0 Å². The zero-order valence-corrected chi connectivity index (χ0v) is 8.35. The molecule has 5 heteroatoms. The number of aromatic amines is 1. The second kappa shape index (κ2) is 2.92. The molecule has 0 aliphatic rings. The Balaban J connectivity index is 2.93. The molecule has 0 saturated heterocycles. The highest BCUT2D eigenvalue weighted by Crippen LogP contribution is 2.09. The lowest BCUT2D eigenvalue weighted by Crippen LogP contribution is -2.01. The first-order valence-electron chi connectivity index (χ1n) is 4.15. The number of aryl methyl sites for hydroxylation is 1. The summed E-state index contributed by atoms with van der Waals surface area (Å²) in [6.07, 6.45) is 2.50. The van der Waals surface area contributed by atoms with Gasteiger partial charge in [-0.1, -0.05) is 19.1 Å². The second-order valence-electron chi connectivity index (χ2n) is 2.86. The summed E-state index contributed by atoms with van der Waals surface area (Å²) in [6.45, 7) is 4.03. The summed E-state index contributed by atoms with van der Waals surface area (Å²) in [5, 5.41) is 2.93. The maximum absolute atomic E-state index is 5.29. The van der Waals surface area contributed by atoms with Crippen molar-refractivity contribution in [3.63, 3.8) is 0 Å². The van der Waals surface area contributed by atoms with Gasteiger partial charge in [0.1, 0.15) is 11.0 Å². The lowest BCUT2D eigenvalue weighted by Gasteiger charge is -2.02. The van der Waals surface area contributed by atoms with E-state index in [4.69, 9.17) is 12.2 Å². The average Bonchev–Trinajstić information content (AvgIpc) is 2.53. The normalized spacial score (nSPS) is 10.9. The number of rotatable bonds is 1. The average molecular weight is 194 g/mol. The highest BCUT2D eigenvalue weighted by Gasteiger charge is 2.05. The van der Waals surface area contributed by atoms with Crippen molar-refractivity contribution < 1.29 is 0 Å². The molecule has 13 heavy (non-hydrogen) atoms. The lowest BCUT2D eigenvalue weighted by molar-refractivity contribution is 0.878. The van der Waals surface area contributed by atoms with Crippen molar-refractivity contribution in [2.24, 2.45) is 0 Å². The van der Waals surface area contributed by atoms with E-state index in [1.54, 1.807) is 10.8 Å². The third-order valence-electron chi connectivity index (χ3n) is 2.09. The van der Waals surface area contributed by atoms with Crippen molar-refractivity contribution in [2.75, 3.05) is 0 Å². The van der Waals surface area contributed by atoms with Gasteiger partial charge in [0, 0.05) is 11.3 Å². The van der Waals surface area contributed by atoms with Gasteiger partial charge in [0.2, 0.25) is 0 Å². The van der Waals surface area contributed by atoms with Crippen molar-refractivity contribution in [3.05, 3.63) is 22.2 Å². The van der Waals surface area contributed by atoms with Gasteiger partial charge in [-0.2, -0.15) is 0 Å². The molecule has 0 unspecified atom stereocenters. The van der Waals surface area contributed by atoms with Gasteiger partial charge in [0.25, 0.3) is 5.78 Å². The predicted octanol–water partition coefficient (Wildman–Crippen LogP) is 1.66. The Morgan fingerprint density at radius 1 is 1.62 bits per heavy atom. The number of nitrogens with zero attached hydrogens (tertiary/aromatic N) is 3. The van der Waals surface area contributed by atoms with Crippen LogP contribution in [0.4, 0.5) is 0 Å². The van der Waals surface area contributed by atoms with Gasteiger partial charge >= 0.3 is 0 Å². The van der Waals surface area contributed by atoms with E-state index in [-0.39, 0.29) is 0 Å². The van der Waals surface area contributed by atoms with Gasteiger partial charge in [-0.15, -0.1) is 0 Å². The van der Waals surface area contributed by atoms with Crippen LogP contribution in [0, 0.1) is 11.6 Å². The van der Waals surface area contributed by atoms with E-state index in [0.29, 0.717) is 5.78 Å². The van der Waals surface area contributed by atoms with Crippen molar-refractivity contribution >= 4 is 18.0 Å². The minimum atomic E-state index is 0.639.